The van der Waals surface area contributed by atoms with Crippen LogP contribution < -0.4 is 20.1 Å². The van der Waals surface area contributed by atoms with Crippen molar-refractivity contribution in [1.82, 2.24) is 14.9 Å². The van der Waals surface area contributed by atoms with E-state index in [0.29, 0.717) is 25.9 Å². The number of benzene rings is 2. The van der Waals surface area contributed by atoms with Crippen molar-refractivity contribution >= 4 is 54.7 Å². The zero-order valence-corrected chi connectivity index (χ0v) is 27.1. The van der Waals surface area contributed by atoms with E-state index in [4.69, 9.17) is 31.8 Å². The number of alkyl halides is 3. The van der Waals surface area contributed by atoms with Crippen LogP contribution in [0.25, 0.3) is 32.1 Å². The standard InChI is InChI=1S/C33H30ClF5N6O2S/c34-24-22(17-5-6-19(36)28-21(17)18(11-40)30(41)48-28)25(37)26-23-27(24)46-13-20-16(29(38)39)4-1-2-9-45(20)31(23)43-32(42-26)47-14-33-7-3-8-44(33)12-15(35)10-33/h5-6,15-16,20,29H,1-4,7-10,12-14,41H2/t15-,16?,20?,33?/m1/s1. The third-order valence-corrected chi connectivity index (χ3v) is 11.8. The molecular formula is C33H30ClF5N6O2S. The van der Waals surface area contributed by atoms with Crippen molar-refractivity contribution in [3.05, 3.63) is 34.4 Å². The number of rotatable bonds is 5. The van der Waals surface area contributed by atoms with Crippen molar-refractivity contribution in [3.63, 3.8) is 0 Å². The van der Waals surface area contributed by atoms with Crippen molar-refractivity contribution in [3.8, 4) is 29.0 Å². The molecule has 8 rings (SSSR count). The highest BCUT2D eigenvalue weighted by molar-refractivity contribution is 7.23. The van der Waals surface area contributed by atoms with E-state index in [1.165, 1.54) is 6.07 Å². The van der Waals surface area contributed by atoms with Gasteiger partial charge in [-0.15, -0.1) is 11.3 Å². The highest BCUT2D eigenvalue weighted by atomic mass is 35.5. The maximum absolute atomic E-state index is 17.1. The molecule has 0 aliphatic carbocycles. The zero-order chi connectivity index (χ0) is 33.5. The molecule has 3 saturated heterocycles. The Morgan fingerprint density at radius 1 is 1.19 bits per heavy atom. The Balaban J connectivity index is 1.36. The Morgan fingerprint density at radius 2 is 2.02 bits per heavy atom. The van der Waals surface area contributed by atoms with Crippen LogP contribution in [0.4, 0.5) is 32.8 Å². The molecule has 0 saturated carbocycles. The number of nitriles is 1. The van der Waals surface area contributed by atoms with Crippen LogP contribution in [0.2, 0.25) is 5.02 Å². The lowest BCUT2D eigenvalue weighted by molar-refractivity contribution is 0.0484. The van der Waals surface area contributed by atoms with Crippen LogP contribution in [0.5, 0.6) is 11.8 Å². The van der Waals surface area contributed by atoms with Crippen LogP contribution in [0.1, 0.15) is 44.1 Å². The number of ether oxygens (including phenoxy) is 2. The summed E-state index contributed by atoms with van der Waals surface area (Å²) < 4.78 is 88.1. The first-order valence-electron chi connectivity index (χ1n) is 15.9. The van der Waals surface area contributed by atoms with E-state index in [-0.39, 0.29) is 91.3 Å². The summed E-state index contributed by atoms with van der Waals surface area (Å²) in [5, 5.41) is 9.95. The minimum absolute atomic E-state index is 0.0125. The monoisotopic (exact) mass is 704 g/mol. The number of anilines is 2. The quantitative estimate of drug-likeness (QED) is 0.214. The summed E-state index contributed by atoms with van der Waals surface area (Å²) in [7, 11) is 0. The minimum atomic E-state index is -2.65. The van der Waals surface area contributed by atoms with E-state index < -0.39 is 41.7 Å². The molecule has 3 fully saturated rings. The number of nitrogens with zero attached hydrogens (tertiary/aromatic N) is 5. The molecule has 2 N–H and O–H groups in total. The Hall–Kier alpha value is -3.67. The van der Waals surface area contributed by atoms with Crippen LogP contribution in [0.15, 0.2) is 12.1 Å². The fourth-order valence-corrected chi connectivity index (χ4v) is 9.51. The first-order chi connectivity index (χ1) is 23.1. The molecule has 4 aliphatic rings. The summed E-state index contributed by atoms with van der Waals surface area (Å²) in [4.78, 5) is 13.0. The van der Waals surface area contributed by atoms with Crippen LogP contribution in [-0.4, -0.2) is 71.9 Å². The summed E-state index contributed by atoms with van der Waals surface area (Å²) in [5.41, 5.74) is 5.12. The van der Waals surface area contributed by atoms with Gasteiger partial charge in [-0.1, -0.05) is 24.1 Å². The van der Waals surface area contributed by atoms with Gasteiger partial charge in [0.05, 0.1) is 32.3 Å². The first-order valence-corrected chi connectivity index (χ1v) is 17.1. The lowest BCUT2D eigenvalue weighted by atomic mass is 9.95. The molecule has 3 unspecified atom stereocenters. The molecule has 0 spiro atoms. The van der Waals surface area contributed by atoms with Gasteiger partial charge in [-0.25, -0.2) is 22.0 Å². The summed E-state index contributed by atoms with van der Waals surface area (Å²) in [6.07, 6.45) is -0.355. The van der Waals surface area contributed by atoms with Crippen molar-refractivity contribution < 1.29 is 31.4 Å². The normalized spacial score (nSPS) is 25.5. The molecule has 0 amide bonds. The number of aromatic nitrogens is 2. The van der Waals surface area contributed by atoms with Gasteiger partial charge >= 0.3 is 6.01 Å². The summed E-state index contributed by atoms with van der Waals surface area (Å²) in [6.45, 7) is 1.26. The highest BCUT2D eigenvalue weighted by Gasteiger charge is 2.49. The maximum Gasteiger partial charge on any atom is 0.319 e. The van der Waals surface area contributed by atoms with Crippen LogP contribution >= 0.6 is 22.9 Å². The van der Waals surface area contributed by atoms with E-state index >= 15 is 4.39 Å². The molecule has 2 aromatic carbocycles. The molecule has 252 valence electrons. The third kappa shape index (κ3) is 4.75. The predicted molar refractivity (Wildman–Crippen MR) is 173 cm³/mol. The lowest BCUT2D eigenvalue weighted by Gasteiger charge is -2.34. The number of thiophene rings is 1. The molecular weight excluding hydrogens is 675 g/mol. The fourth-order valence-electron chi connectivity index (χ4n) is 8.23. The number of halogens is 6. The Labute approximate surface area is 281 Å². The number of nitrogen functional groups attached to an aromatic ring is 1. The van der Waals surface area contributed by atoms with Gasteiger partial charge < -0.3 is 20.1 Å². The van der Waals surface area contributed by atoms with Crippen LogP contribution in [-0.2, 0) is 0 Å². The SMILES string of the molecule is N#Cc1c(N)sc2c(F)ccc(-c3c(Cl)c4c5c(nc(OCC67CCCN6C[C@H](F)C7)nc5c3F)N3CCCCC(C(F)F)C3CO4)c12. The summed E-state index contributed by atoms with van der Waals surface area (Å²) >= 11 is 7.83. The summed E-state index contributed by atoms with van der Waals surface area (Å²) in [5.74, 6) is -2.48. The van der Waals surface area contributed by atoms with E-state index in [1.807, 2.05) is 6.07 Å². The van der Waals surface area contributed by atoms with Gasteiger partial charge in [0.25, 0.3) is 0 Å². The first kappa shape index (κ1) is 31.6. The molecule has 0 radical (unpaired) electrons. The number of hydrogen-bond donors (Lipinski definition) is 1. The topological polar surface area (TPSA) is 101 Å². The molecule has 8 nitrogen and oxygen atoms in total. The fraction of sp³-hybridized carbons (Fsp3) is 0.485. The average molecular weight is 705 g/mol. The maximum atomic E-state index is 17.1. The van der Waals surface area contributed by atoms with E-state index in [9.17, 15) is 22.8 Å². The van der Waals surface area contributed by atoms with Crippen molar-refractivity contribution in [2.45, 2.75) is 62.7 Å². The van der Waals surface area contributed by atoms with Crippen LogP contribution in [0.3, 0.4) is 0 Å². The van der Waals surface area contributed by atoms with Gasteiger partial charge in [-0.05, 0) is 43.9 Å². The second kappa shape index (κ2) is 11.7. The van der Waals surface area contributed by atoms with Crippen molar-refractivity contribution in [1.29, 1.82) is 5.26 Å². The number of fused-ring (bicyclic) bond motifs is 4. The molecule has 4 atom stereocenters. The molecule has 15 heteroatoms. The minimum Gasteiger partial charge on any atom is -0.489 e. The van der Waals surface area contributed by atoms with Gasteiger partial charge in [0.2, 0.25) is 6.43 Å². The highest BCUT2D eigenvalue weighted by Crippen LogP contribution is 2.52. The lowest BCUT2D eigenvalue weighted by Crippen LogP contribution is -2.46. The largest absolute Gasteiger partial charge is 0.489 e. The van der Waals surface area contributed by atoms with Crippen LogP contribution in [0, 0.1) is 28.9 Å². The molecule has 6 heterocycles. The van der Waals surface area contributed by atoms with E-state index in [0.717, 1.165) is 36.8 Å². The molecule has 2 aromatic heterocycles. The van der Waals surface area contributed by atoms with Gasteiger partial charge in [0, 0.05) is 36.4 Å². The average Bonchev–Trinajstić information content (AvgIpc) is 3.59. The second-order valence-electron chi connectivity index (χ2n) is 13.1. The zero-order valence-electron chi connectivity index (χ0n) is 25.5. The van der Waals surface area contributed by atoms with Gasteiger partial charge in [0.1, 0.15) is 47.6 Å². The number of nitrogens with two attached hydrogens (primary N) is 1. The number of hydrogen-bond acceptors (Lipinski definition) is 9. The van der Waals surface area contributed by atoms with E-state index in [1.54, 1.807) is 4.90 Å². The van der Waals surface area contributed by atoms with Gasteiger partial charge in [-0.3, -0.25) is 4.90 Å². The Kier molecular flexibility index (Phi) is 7.72. The van der Waals surface area contributed by atoms with Crippen molar-refractivity contribution in [2.75, 3.05) is 43.5 Å². The molecule has 4 aromatic rings. The van der Waals surface area contributed by atoms with Gasteiger partial charge in [0.15, 0.2) is 11.6 Å². The molecule has 0 bridgehead atoms. The molecule has 4 aliphatic heterocycles. The second-order valence-corrected chi connectivity index (χ2v) is 14.5. The van der Waals surface area contributed by atoms with Gasteiger partial charge in [-0.2, -0.15) is 15.2 Å². The smallest absolute Gasteiger partial charge is 0.319 e. The summed E-state index contributed by atoms with van der Waals surface area (Å²) in [6, 6.07) is 3.42. The third-order valence-electron chi connectivity index (χ3n) is 10.4. The Bertz CT molecular complexity index is 2010. The van der Waals surface area contributed by atoms with E-state index in [2.05, 4.69) is 9.88 Å². The predicted octanol–water partition coefficient (Wildman–Crippen LogP) is 7.48. The van der Waals surface area contributed by atoms with Crippen molar-refractivity contribution in [2.24, 2.45) is 5.92 Å². The molecule has 48 heavy (non-hydrogen) atoms. The Morgan fingerprint density at radius 3 is 2.81 bits per heavy atom.